The molecule has 1 N–H and O–H groups in total. The van der Waals surface area contributed by atoms with Crippen LogP contribution in [0.4, 0.5) is 0 Å². The first kappa shape index (κ1) is 24.0. The summed E-state index contributed by atoms with van der Waals surface area (Å²) in [5.41, 5.74) is 0. The summed E-state index contributed by atoms with van der Waals surface area (Å²) in [5.74, 6) is -1.47. The number of rotatable bonds is 8. The summed E-state index contributed by atoms with van der Waals surface area (Å²) in [7, 11) is -0.326. The van der Waals surface area contributed by atoms with Crippen molar-refractivity contribution in [1.29, 1.82) is 0 Å². The second-order valence-corrected chi connectivity index (χ2v) is 12.1. The fraction of sp³-hybridized carbons (Fsp3) is 1.00. The predicted molar refractivity (Wildman–Crippen MR) is 108 cm³/mol. The van der Waals surface area contributed by atoms with E-state index in [1.54, 1.807) is 14.2 Å². The van der Waals surface area contributed by atoms with Crippen molar-refractivity contribution in [3.63, 3.8) is 0 Å². The van der Waals surface area contributed by atoms with Gasteiger partial charge in [0.1, 0.15) is 24.4 Å². The Labute approximate surface area is 183 Å². The van der Waals surface area contributed by atoms with Gasteiger partial charge in [-0.3, -0.25) is 4.57 Å². The van der Waals surface area contributed by atoms with E-state index < -0.39 is 31.5 Å². The SMILES string of the molecule is CO[C@@H]1O[C@H](CCP(=O)(O)CC[C@H]2O[C@@H](OC)[C@@H]3OC(C)(C)O[C@@H]32)[C@H]2OC(C)(C)O[C@@H]12. The van der Waals surface area contributed by atoms with Crippen LogP contribution in [0, 0.1) is 0 Å². The molecule has 0 aromatic heterocycles. The Morgan fingerprint density at radius 3 is 1.45 bits per heavy atom. The van der Waals surface area contributed by atoms with E-state index in [1.807, 2.05) is 27.7 Å². The molecule has 0 spiro atoms. The number of ether oxygens (including phenoxy) is 8. The minimum Gasteiger partial charge on any atom is -0.353 e. The number of hydrogen-bond acceptors (Lipinski definition) is 9. The van der Waals surface area contributed by atoms with Crippen LogP contribution in [0.25, 0.3) is 0 Å². The molecule has 4 aliphatic rings. The Bertz CT molecular complexity index is 645. The van der Waals surface area contributed by atoms with Gasteiger partial charge in [0, 0.05) is 26.5 Å². The molecular weight excluding hydrogens is 431 g/mol. The largest absolute Gasteiger partial charge is 0.353 e. The molecule has 0 aromatic carbocycles. The maximum atomic E-state index is 12.9. The molecular formula is C20H35O10P. The summed E-state index contributed by atoms with van der Waals surface area (Å²) in [6.45, 7) is 7.35. The van der Waals surface area contributed by atoms with Gasteiger partial charge in [0.2, 0.25) is 7.37 Å². The first-order valence-electron chi connectivity index (χ1n) is 10.8. The zero-order valence-corrected chi connectivity index (χ0v) is 19.9. The highest BCUT2D eigenvalue weighted by atomic mass is 31.2. The molecule has 31 heavy (non-hydrogen) atoms. The van der Waals surface area contributed by atoms with Crippen LogP contribution in [-0.4, -0.2) is 92.2 Å². The van der Waals surface area contributed by atoms with E-state index in [1.165, 1.54) is 0 Å². The van der Waals surface area contributed by atoms with Crippen molar-refractivity contribution in [2.24, 2.45) is 0 Å². The third kappa shape index (κ3) is 5.04. The minimum atomic E-state index is -3.43. The Morgan fingerprint density at radius 2 is 1.10 bits per heavy atom. The van der Waals surface area contributed by atoms with Gasteiger partial charge in [0.15, 0.2) is 24.2 Å². The maximum Gasteiger partial charge on any atom is 0.200 e. The predicted octanol–water partition coefficient (Wildman–Crippen LogP) is 1.82. The molecule has 0 saturated carbocycles. The molecule has 180 valence electrons. The molecule has 8 atom stereocenters. The lowest BCUT2D eigenvalue weighted by atomic mass is 10.1. The van der Waals surface area contributed by atoms with Gasteiger partial charge in [-0.1, -0.05) is 0 Å². The fourth-order valence-electron chi connectivity index (χ4n) is 4.90. The quantitative estimate of drug-likeness (QED) is 0.532. The molecule has 4 saturated heterocycles. The average molecular weight is 466 g/mol. The lowest BCUT2D eigenvalue weighted by Gasteiger charge is -2.25. The molecule has 0 unspecified atom stereocenters. The Kier molecular flexibility index (Phi) is 6.64. The Hall–Kier alpha value is -0.130. The molecule has 0 radical (unpaired) electrons. The van der Waals surface area contributed by atoms with Crippen molar-refractivity contribution in [3.05, 3.63) is 0 Å². The Morgan fingerprint density at radius 1 is 0.742 bits per heavy atom. The summed E-state index contributed by atoms with van der Waals surface area (Å²) in [5, 5.41) is 0. The lowest BCUT2D eigenvalue weighted by Crippen LogP contribution is -2.31. The monoisotopic (exact) mass is 466 g/mol. The van der Waals surface area contributed by atoms with E-state index in [0.29, 0.717) is 12.8 Å². The number of fused-ring (bicyclic) bond motifs is 2. The van der Waals surface area contributed by atoms with Gasteiger partial charge in [-0.05, 0) is 40.5 Å². The molecule has 11 heteroatoms. The summed E-state index contributed by atoms with van der Waals surface area (Å²) in [6, 6.07) is 0. The summed E-state index contributed by atoms with van der Waals surface area (Å²) >= 11 is 0. The lowest BCUT2D eigenvalue weighted by molar-refractivity contribution is -0.227. The maximum absolute atomic E-state index is 12.9. The topological polar surface area (TPSA) is 111 Å². The van der Waals surface area contributed by atoms with Gasteiger partial charge in [-0.2, -0.15) is 0 Å². The smallest absolute Gasteiger partial charge is 0.200 e. The van der Waals surface area contributed by atoms with Gasteiger partial charge >= 0.3 is 0 Å². The highest BCUT2D eigenvalue weighted by Crippen LogP contribution is 2.48. The van der Waals surface area contributed by atoms with Gasteiger partial charge in [0.05, 0.1) is 12.2 Å². The molecule has 0 bridgehead atoms. The van der Waals surface area contributed by atoms with Crippen LogP contribution in [0.1, 0.15) is 40.5 Å². The first-order valence-corrected chi connectivity index (χ1v) is 12.9. The minimum absolute atomic E-state index is 0.110. The summed E-state index contributed by atoms with van der Waals surface area (Å²) in [4.78, 5) is 10.6. The summed E-state index contributed by atoms with van der Waals surface area (Å²) < 4.78 is 59.0. The van der Waals surface area contributed by atoms with E-state index in [-0.39, 0.29) is 48.9 Å². The van der Waals surface area contributed by atoms with Gasteiger partial charge < -0.3 is 42.8 Å². The third-order valence-electron chi connectivity index (χ3n) is 6.21. The van der Waals surface area contributed by atoms with Crippen LogP contribution >= 0.6 is 7.37 Å². The third-order valence-corrected chi connectivity index (χ3v) is 8.12. The van der Waals surface area contributed by atoms with Gasteiger partial charge in [-0.25, -0.2) is 0 Å². The van der Waals surface area contributed by atoms with Gasteiger partial charge in [-0.15, -0.1) is 0 Å². The zero-order chi connectivity index (χ0) is 22.6. The molecule has 0 aliphatic carbocycles. The van der Waals surface area contributed by atoms with Gasteiger partial charge in [0.25, 0.3) is 0 Å². The van der Waals surface area contributed by atoms with Crippen molar-refractivity contribution in [1.82, 2.24) is 0 Å². The van der Waals surface area contributed by atoms with E-state index in [4.69, 9.17) is 37.9 Å². The molecule has 4 fully saturated rings. The second kappa shape index (κ2) is 8.58. The number of methoxy groups -OCH3 is 2. The average Bonchev–Trinajstić information content (AvgIpc) is 3.35. The Balaban J connectivity index is 1.30. The number of hydrogen-bond donors (Lipinski definition) is 1. The van der Waals surface area contributed by atoms with E-state index in [0.717, 1.165) is 0 Å². The highest BCUT2D eigenvalue weighted by Gasteiger charge is 2.57. The highest BCUT2D eigenvalue weighted by molar-refractivity contribution is 7.57. The van der Waals surface area contributed by atoms with Crippen LogP contribution in [0.15, 0.2) is 0 Å². The van der Waals surface area contributed by atoms with Crippen molar-refractivity contribution >= 4 is 7.37 Å². The zero-order valence-electron chi connectivity index (χ0n) is 19.0. The van der Waals surface area contributed by atoms with Crippen LogP contribution < -0.4 is 0 Å². The molecule has 10 nitrogen and oxygen atoms in total. The van der Waals surface area contributed by atoms with Crippen LogP contribution in [0.3, 0.4) is 0 Å². The van der Waals surface area contributed by atoms with E-state index in [2.05, 4.69) is 0 Å². The second-order valence-electron chi connectivity index (χ2n) is 9.56. The molecule has 0 amide bonds. The fourth-order valence-corrected chi connectivity index (χ4v) is 6.44. The van der Waals surface area contributed by atoms with E-state index >= 15 is 0 Å². The molecule has 0 aromatic rings. The normalized spacial score (nSPS) is 44.9. The molecule has 4 heterocycles. The van der Waals surface area contributed by atoms with Crippen molar-refractivity contribution in [2.75, 3.05) is 26.5 Å². The van der Waals surface area contributed by atoms with Crippen LogP contribution in [0.5, 0.6) is 0 Å². The first-order chi connectivity index (χ1) is 14.4. The molecule has 4 rings (SSSR count). The summed E-state index contributed by atoms with van der Waals surface area (Å²) in [6.07, 6.45) is -2.21. The van der Waals surface area contributed by atoms with Crippen LogP contribution in [0.2, 0.25) is 0 Å². The molecule has 4 aliphatic heterocycles. The van der Waals surface area contributed by atoms with Crippen molar-refractivity contribution in [3.8, 4) is 0 Å². The van der Waals surface area contributed by atoms with E-state index in [9.17, 15) is 9.46 Å². The van der Waals surface area contributed by atoms with Crippen molar-refractivity contribution in [2.45, 2.75) is 101 Å². The standard InChI is InChI=1S/C20H35O10P/c1-19(2)27-13-11(25-17(23-5)15(13)29-19)7-9-31(21,22)10-8-12-14-16(18(24-6)26-12)30-20(3,4)28-14/h11-18H,7-10H2,1-6H3,(H,21,22)/t11-,12-,13-,14-,15-,16-,17-,18-/m1/s1. The van der Waals surface area contributed by atoms with Crippen LogP contribution in [-0.2, 0) is 42.5 Å². The van der Waals surface area contributed by atoms with Crippen molar-refractivity contribution < 1.29 is 47.4 Å².